The predicted molar refractivity (Wildman–Crippen MR) is 106 cm³/mol. The lowest BCUT2D eigenvalue weighted by Gasteiger charge is -2.21. The fourth-order valence-corrected chi connectivity index (χ4v) is 3.14. The first-order valence-electron chi connectivity index (χ1n) is 9.39. The highest BCUT2D eigenvalue weighted by Gasteiger charge is 2.33. The zero-order valence-electron chi connectivity index (χ0n) is 15.8. The van der Waals surface area contributed by atoms with E-state index in [-0.39, 0.29) is 24.3 Å². The first-order chi connectivity index (χ1) is 13.5. The van der Waals surface area contributed by atoms with Gasteiger partial charge >= 0.3 is 5.97 Å². The molecule has 146 valence electrons. The minimum absolute atomic E-state index is 0.00717. The summed E-state index contributed by atoms with van der Waals surface area (Å²) in [6.45, 7) is 0.0116. The predicted octanol–water partition coefficient (Wildman–Crippen LogP) is 2.73. The van der Waals surface area contributed by atoms with E-state index in [0.717, 1.165) is 18.4 Å². The molecule has 2 aromatic rings. The summed E-state index contributed by atoms with van der Waals surface area (Å²) in [6.07, 6.45) is 2.10. The zero-order valence-corrected chi connectivity index (χ0v) is 15.8. The van der Waals surface area contributed by atoms with Gasteiger partial charge in [-0.15, -0.1) is 0 Å². The quantitative estimate of drug-likeness (QED) is 0.737. The van der Waals surface area contributed by atoms with E-state index in [1.54, 1.807) is 31.3 Å². The van der Waals surface area contributed by atoms with Crippen molar-refractivity contribution in [3.8, 4) is 0 Å². The Hall–Kier alpha value is -3.15. The van der Waals surface area contributed by atoms with Crippen LogP contribution in [0.3, 0.4) is 0 Å². The molecule has 2 N–H and O–H groups in total. The minimum Gasteiger partial charge on any atom is -0.481 e. The van der Waals surface area contributed by atoms with Gasteiger partial charge in [-0.2, -0.15) is 0 Å². The normalized spacial score (nSPS) is 14.2. The van der Waals surface area contributed by atoms with Crippen LogP contribution in [0.2, 0.25) is 0 Å². The fourth-order valence-electron chi connectivity index (χ4n) is 3.14. The Balaban J connectivity index is 1.68. The van der Waals surface area contributed by atoms with Crippen LogP contribution in [0.25, 0.3) is 0 Å². The summed E-state index contributed by atoms with van der Waals surface area (Å²) in [5.74, 6) is -2.02. The van der Waals surface area contributed by atoms with Crippen LogP contribution in [0.4, 0.5) is 5.69 Å². The number of aliphatic carboxylic acids is 1. The number of carboxylic acids is 1. The molecule has 0 saturated heterocycles. The number of carboxylic acid groups (broad SMARTS) is 1. The molecule has 6 heteroatoms. The van der Waals surface area contributed by atoms with Crippen LogP contribution in [0.5, 0.6) is 0 Å². The number of carbonyl (C=O) groups excluding carboxylic acids is 2. The molecule has 0 aromatic heterocycles. The van der Waals surface area contributed by atoms with Crippen molar-refractivity contribution in [2.45, 2.75) is 19.3 Å². The summed E-state index contributed by atoms with van der Waals surface area (Å²) < 4.78 is 0. The number of rotatable bonds is 8. The Bertz CT molecular complexity index is 862. The van der Waals surface area contributed by atoms with Gasteiger partial charge in [0, 0.05) is 19.5 Å². The smallest absolute Gasteiger partial charge is 0.308 e. The number of carbonyl (C=O) groups is 3. The van der Waals surface area contributed by atoms with Crippen LogP contribution in [-0.4, -0.2) is 36.5 Å². The molecule has 1 saturated carbocycles. The van der Waals surface area contributed by atoms with Crippen molar-refractivity contribution >= 4 is 23.5 Å². The van der Waals surface area contributed by atoms with E-state index in [4.69, 9.17) is 0 Å². The monoisotopic (exact) mass is 380 g/mol. The van der Waals surface area contributed by atoms with Crippen LogP contribution in [0.1, 0.15) is 28.8 Å². The maximum Gasteiger partial charge on any atom is 0.308 e. The Morgan fingerprint density at radius 3 is 2.36 bits per heavy atom. The number of nitrogens with one attached hydrogen (secondary N) is 1. The summed E-state index contributed by atoms with van der Waals surface area (Å²) in [4.78, 5) is 38.2. The Kier molecular flexibility index (Phi) is 6.09. The summed E-state index contributed by atoms with van der Waals surface area (Å²) in [7, 11) is 1.67. The van der Waals surface area contributed by atoms with Gasteiger partial charge in [0.25, 0.3) is 5.91 Å². The minimum atomic E-state index is -0.960. The van der Waals surface area contributed by atoms with Gasteiger partial charge in [0.15, 0.2) is 0 Å². The molecule has 2 aromatic carbocycles. The molecule has 3 rings (SSSR count). The van der Waals surface area contributed by atoms with Crippen LogP contribution < -0.4 is 10.2 Å². The molecule has 6 nitrogen and oxygen atoms in total. The van der Waals surface area contributed by atoms with Gasteiger partial charge < -0.3 is 15.3 Å². The molecule has 0 radical (unpaired) electrons. The number of hydrogen-bond acceptors (Lipinski definition) is 3. The van der Waals surface area contributed by atoms with E-state index in [9.17, 15) is 19.5 Å². The average molecular weight is 380 g/mol. The van der Waals surface area contributed by atoms with Crippen molar-refractivity contribution in [1.82, 2.24) is 5.32 Å². The van der Waals surface area contributed by atoms with E-state index in [2.05, 4.69) is 5.32 Å². The van der Waals surface area contributed by atoms with Crippen molar-refractivity contribution in [2.75, 3.05) is 18.5 Å². The number of nitrogens with zero attached hydrogens (tertiary/aromatic N) is 1. The molecule has 1 fully saturated rings. The van der Waals surface area contributed by atoms with E-state index in [1.165, 1.54) is 4.90 Å². The highest BCUT2D eigenvalue weighted by molar-refractivity contribution is 6.05. The van der Waals surface area contributed by atoms with Crippen LogP contribution in [0, 0.1) is 11.8 Å². The Labute approximate surface area is 164 Å². The number of para-hydroxylation sites is 1. The second-order valence-corrected chi connectivity index (χ2v) is 7.12. The molecule has 1 aliphatic carbocycles. The largest absolute Gasteiger partial charge is 0.481 e. The lowest BCUT2D eigenvalue weighted by atomic mass is 9.99. The van der Waals surface area contributed by atoms with Gasteiger partial charge in [0.1, 0.15) is 0 Å². The number of hydrogen-bond donors (Lipinski definition) is 2. The molecule has 1 unspecified atom stereocenters. The first kappa shape index (κ1) is 19.6. The number of benzene rings is 2. The molecule has 0 heterocycles. The van der Waals surface area contributed by atoms with Gasteiger partial charge in [-0.25, -0.2) is 0 Å². The molecule has 28 heavy (non-hydrogen) atoms. The Morgan fingerprint density at radius 1 is 1.07 bits per heavy atom. The van der Waals surface area contributed by atoms with E-state index >= 15 is 0 Å². The average Bonchev–Trinajstić information content (AvgIpc) is 3.55. The molecule has 1 aliphatic rings. The van der Waals surface area contributed by atoms with Gasteiger partial charge in [0.05, 0.1) is 17.2 Å². The van der Waals surface area contributed by atoms with Crippen LogP contribution in [-0.2, 0) is 16.0 Å². The molecule has 1 atom stereocenters. The summed E-state index contributed by atoms with van der Waals surface area (Å²) in [6, 6.07) is 16.2. The number of amides is 2. The van der Waals surface area contributed by atoms with Crippen molar-refractivity contribution in [3.05, 3.63) is 65.7 Å². The van der Waals surface area contributed by atoms with Gasteiger partial charge in [0.2, 0.25) is 5.91 Å². The Morgan fingerprint density at radius 2 is 1.71 bits per heavy atom. The maximum atomic E-state index is 12.7. The highest BCUT2D eigenvalue weighted by atomic mass is 16.4. The number of anilines is 1. The third kappa shape index (κ3) is 4.76. The molecule has 0 aliphatic heterocycles. The SMILES string of the molecule is CN(C(=O)C1CC1)c1ccccc1C(=O)NCC(Cc1ccccc1)C(=O)O. The summed E-state index contributed by atoms with van der Waals surface area (Å²) in [5, 5.41) is 12.2. The lowest BCUT2D eigenvalue weighted by Crippen LogP contribution is -2.36. The second kappa shape index (κ2) is 8.69. The topological polar surface area (TPSA) is 86.7 Å². The summed E-state index contributed by atoms with van der Waals surface area (Å²) in [5.41, 5.74) is 1.80. The third-order valence-corrected chi connectivity index (χ3v) is 4.95. The first-order valence-corrected chi connectivity index (χ1v) is 9.39. The van der Waals surface area contributed by atoms with E-state index < -0.39 is 11.9 Å². The van der Waals surface area contributed by atoms with Crippen molar-refractivity contribution < 1.29 is 19.5 Å². The van der Waals surface area contributed by atoms with Gasteiger partial charge in [-0.05, 0) is 37.0 Å². The highest BCUT2D eigenvalue weighted by Crippen LogP contribution is 2.33. The standard InChI is InChI=1S/C22H24N2O4/c1-24(21(26)16-11-12-16)19-10-6-5-9-18(19)20(25)23-14-17(22(27)28)13-15-7-3-2-4-8-15/h2-10,16-17H,11-14H2,1H3,(H,23,25)(H,27,28). The summed E-state index contributed by atoms with van der Waals surface area (Å²) >= 11 is 0. The van der Waals surface area contributed by atoms with E-state index in [0.29, 0.717) is 17.7 Å². The second-order valence-electron chi connectivity index (χ2n) is 7.12. The third-order valence-electron chi connectivity index (χ3n) is 4.95. The molecular formula is C22H24N2O4. The van der Waals surface area contributed by atoms with Crippen molar-refractivity contribution in [2.24, 2.45) is 11.8 Å². The van der Waals surface area contributed by atoms with Gasteiger partial charge in [-0.1, -0.05) is 42.5 Å². The zero-order chi connectivity index (χ0) is 20.1. The van der Waals surface area contributed by atoms with Crippen molar-refractivity contribution in [3.63, 3.8) is 0 Å². The van der Waals surface area contributed by atoms with Crippen LogP contribution in [0.15, 0.2) is 54.6 Å². The van der Waals surface area contributed by atoms with Crippen LogP contribution >= 0.6 is 0 Å². The fraction of sp³-hybridized carbons (Fsp3) is 0.318. The molecule has 0 bridgehead atoms. The molecular weight excluding hydrogens is 356 g/mol. The molecule has 0 spiro atoms. The molecule has 2 amide bonds. The van der Waals surface area contributed by atoms with E-state index in [1.807, 2.05) is 30.3 Å². The lowest BCUT2D eigenvalue weighted by molar-refractivity contribution is -0.141. The van der Waals surface area contributed by atoms with Gasteiger partial charge in [-0.3, -0.25) is 14.4 Å². The van der Waals surface area contributed by atoms with Crippen molar-refractivity contribution in [1.29, 1.82) is 0 Å². The maximum absolute atomic E-state index is 12.7.